The molecule has 3 aromatic rings. The molecule has 2 aromatic carbocycles. The fraction of sp³-hybridized carbons (Fsp3) is 0.280. The molecule has 0 bridgehead atoms. The van der Waals surface area contributed by atoms with Crippen molar-refractivity contribution < 1.29 is 8.42 Å². The largest absolute Gasteiger partial charge is 0.370 e. The van der Waals surface area contributed by atoms with Crippen LogP contribution >= 0.6 is 0 Å². The predicted molar refractivity (Wildman–Crippen MR) is 131 cm³/mol. The van der Waals surface area contributed by atoms with Gasteiger partial charge in [-0.25, -0.2) is 13.4 Å². The number of aromatic nitrogens is 1. The minimum Gasteiger partial charge on any atom is -0.370 e. The maximum atomic E-state index is 11.9. The highest BCUT2D eigenvalue weighted by Crippen LogP contribution is 2.28. The topological polar surface area (TPSA) is 83.5 Å². The lowest BCUT2D eigenvalue weighted by molar-refractivity contribution is 0.602. The standard InChI is InChI=1S/C25H28N4O2S/c1-17(2)9-11-26-24-13-18(10-12-27-24)25-23-15-21(8-7-19(23)16-28-25)29-20-5-4-6-22(14-20)32(3,30)31/h4-8,10,12-15,17,29H,9,11,16H2,1-3H3,(H,26,27). The molecule has 166 valence electrons. The summed E-state index contributed by atoms with van der Waals surface area (Å²) >= 11 is 0. The molecule has 0 aliphatic carbocycles. The van der Waals surface area contributed by atoms with Crippen LogP contribution in [0.15, 0.2) is 70.7 Å². The van der Waals surface area contributed by atoms with E-state index in [9.17, 15) is 8.42 Å². The molecule has 0 unspecified atom stereocenters. The van der Waals surface area contributed by atoms with Crippen LogP contribution in [0.1, 0.15) is 37.0 Å². The predicted octanol–water partition coefficient (Wildman–Crippen LogP) is 5.04. The van der Waals surface area contributed by atoms with Gasteiger partial charge in [-0.2, -0.15) is 0 Å². The van der Waals surface area contributed by atoms with Gasteiger partial charge >= 0.3 is 0 Å². The van der Waals surface area contributed by atoms with E-state index in [0.29, 0.717) is 17.4 Å². The van der Waals surface area contributed by atoms with Crippen LogP contribution in [0.3, 0.4) is 0 Å². The summed E-state index contributed by atoms with van der Waals surface area (Å²) in [5, 5.41) is 6.72. The molecule has 0 radical (unpaired) electrons. The molecule has 1 aliphatic rings. The smallest absolute Gasteiger partial charge is 0.175 e. The number of fused-ring (bicyclic) bond motifs is 1. The fourth-order valence-corrected chi connectivity index (χ4v) is 4.31. The Morgan fingerprint density at radius 3 is 2.62 bits per heavy atom. The zero-order valence-electron chi connectivity index (χ0n) is 18.6. The number of rotatable bonds is 8. The first-order valence-electron chi connectivity index (χ1n) is 10.7. The monoisotopic (exact) mass is 448 g/mol. The Bertz CT molecular complexity index is 1270. The minimum absolute atomic E-state index is 0.292. The van der Waals surface area contributed by atoms with Crippen LogP contribution in [0, 0.1) is 5.92 Å². The van der Waals surface area contributed by atoms with Crippen molar-refractivity contribution in [2.45, 2.75) is 31.7 Å². The van der Waals surface area contributed by atoms with E-state index in [0.717, 1.165) is 47.0 Å². The summed E-state index contributed by atoms with van der Waals surface area (Å²) in [5.41, 5.74) is 5.83. The van der Waals surface area contributed by atoms with Crippen molar-refractivity contribution in [2.24, 2.45) is 10.9 Å². The second-order valence-corrected chi connectivity index (χ2v) is 10.5. The van der Waals surface area contributed by atoms with Crippen molar-refractivity contribution in [1.29, 1.82) is 0 Å². The molecule has 0 amide bonds. The summed E-state index contributed by atoms with van der Waals surface area (Å²) in [6, 6.07) is 17.0. The third-order valence-electron chi connectivity index (χ3n) is 5.38. The molecule has 6 nitrogen and oxygen atoms in total. The molecule has 7 heteroatoms. The van der Waals surface area contributed by atoms with Crippen molar-refractivity contribution in [3.05, 3.63) is 77.5 Å². The van der Waals surface area contributed by atoms with Crippen LogP contribution in [-0.2, 0) is 16.4 Å². The lowest BCUT2D eigenvalue weighted by atomic mass is 10.00. The van der Waals surface area contributed by atoms with E-state index in [2.05, 4.69) is 41.6 Å². The van der Waals surface area contributed by atoms with Gasteiger partial charge in [0, 0.05) is 41.5 Å². The number of hydrogen-bond donors (Lipinski definition) is 2. The molecule has 32 heavy (non-hydrogen) atoms. The van der Waals surface area contributed by atoms with Gasteiger partial charge in [-0.1, -0.05) is 26.0 Å². The van der Waals surface area contributed by atoms with E-state index in [1.165, 1.54) is 11.8 Å². The van der Waals surface area contributed by atoms with Crippen LogP contribution in [0.4, 0.5) is 17.2 Å². The minimum atomic E-state index is -3.26. The lowest BCUT2D eigenvalue weighted by Crippen LogP contribution is -2.08. The lowest BCUT2D eigenvalue weighted by Gasteiger charge is -2.12. The molecule has 0 saturated carbocycles. The normalized spacial score (nSPS) is 13.1. The van der Waals surface area contributed by atoms with Crippen molar-refractivity contribution >= 4 is 32.7 Å². The van der Waals surface area contributed by atoms with Crippen LogP contribution < -0.4 is 10.6 Å². The van der Waals surface area contributed by atoms with Crippen molar-refractivity contribution in [1.82, 2.24) is 4.98 Å². The second kappa shape index (κ2) is 9.12. The van der Waals surface area contributed by atoms with E-state index in [-0.39, 0.29) is 0 Å². The molecule has 2 N–H and O–H groups in total. The quantitative estimate of drug-likeness (QED) is 0.505. The molecule has 4 rings (SSSR count). The van der Waals surface area contributed by atoms with Crippen LogP contribution in [0.25, 0.3) is 0 Å². The Balaban J connectivity index is 1.56. The van der Waals surface area contributed by atoms with E-state index in [1.807, 2.05) is 30.5 Å². The molecule has 2 heterocycles. The third-order valence-corrected chi connectivity index (χ3v) is 6.49. The molecule has 0 spiro atoms. The first kappa shape index (κ1) is 22.0. The van der Waals surface area contributed by atoms with Crippen molar-refractivity contribution in [3.63, 3.8) is 0 Å². The van der Waals surface area contributed by atoms with Gasteiger partial charge in [0.15, 0.2) is 9.84 Å². The maximum absolute atomic E-state index is 11.9. The summed E-state index contributed by atoms with van der Waals surface area (Å²) in [4.78, 5) is 9.50. The molecular weight excluding hydrogens is 420 g/mol. The first-order chi connectivity index (χ1) is 15.3. The number of hydrogen-bond acceptors (Lipinski definition) is 6. The van der Waals surface area contributed by atoms with Gasteiger partial charge in [0.05, 0.1) is 17.2 Å². The number of sulfone groups is 1. The number of anilines is 3. The highest BCUT2D eigenvalue weighted by atomic mass is 32.2. The number of nitrogens with zero attached hydrogens (tertiary/aromatic N) is 2. The fourth-order valence-electron chi connectivity index (χ4n) is 3.64. The van der Waals surface area contributed by atoms with Gasteiger partial charge in [0.2, 0.25) is 0 Å². The van der Waals surface area contributed by atoms with Gasteiger partial charge in [-0.05, 0) is 60.4 Å². The molecule has 1 aromatic heterocycles. The molecule has 1 aliphatic heterocycles. The summed E-state index contributed by atoms with van der Waals surface area (Å²) in [5.74, 6) is 1.49. The number of benzene rings is 2. The van der Waals surface area contributed by atoms with Gasteiger partial charge in [0.1, 0.15) is 5.82 Å². The highest BCUT2D eigenvalue weighted by Gasteiger charge is 2.19. The third kappa shape index (κ3) is 5.16. The molecule has 0 saturated heterocycles. The Hall–Kier alpha value is -3.19. The summed E-state index contributed by atoms with van der Waals surface area (Å²) < 4.78 is 23.7. The van der Waals surface area contributed by atoms with Crippen LogP contribution in [0.2, 0.25) is 0 Å². The van der Waals surface area contributed by atoms with Gasteiger partial charge in [-0.15, -0.1) is 0 Å². The molecular formula is C25H28N4O2S. The van der Waals surface area contributed by atoms with Gasteiger partial charge in [0.25, 0.3) is 0 Å². The number of nitrogens with one attached hydrogen (secondary N) is 2. The summed E-state index contributed by atoms with van der Waals surface area (Å²) in [6.45, 7) is 5.95. The summed E-state index contributed by atoms with van der Waals surface area (Å²) in [6.07, 6.45) is 4.11. The van der Waals surface area contributed by atoms with E-state index < -0.39 is 9.84 Å². The Morgan fingerprint density at radius 2 is 1.84 bits per heavy atom. The second-order valence-electron chi connectivity index (χ2n) is 8.50. The Morgan fingerprint density at radius 1 is 1.03 bits per heavy atom. The SMILES string of the molecule is CC(C)CCNc1cc(C2=NCc3ccc(Nc4cccc(S(C)(=O)=O)c4)cc32)ccn1. The molecule has 0 fully saturated rings. The average molecular weight is 449 g/mol. The Kier molecular flexibility index (Phi) is 6.28. The van der Waals surface area contributed by atoms with Crippen molar-refractivity contribution in [2.75, 3.05) is 23.4 Å². The van der Waals surface area contributed by atoms with Crippen LogP contribution in [0.5, 0.6) is 0 Å². The van der Waals surface area contributed by atoms with Crippen LogP contribution in [-0.4, -0.2) is 31.9 Å². The number of pyridine rings is 1. The highest BCUT2D eigenvalue weighted by molar-refractivity contribution is 7.90. The average Bonchev–Trinajstić information content (AvgIpc) is 3.17. The molecule has 0 atom stereocenters. The maximum Gasteiger partial charge on any atom is 0.175 e. The van der Waals surface area contributed by atoms with E-state index in [1.54, 1.807) is 18.2 Å². The van der Waals surface area contributed by atoms with E-state index in [4.69, 9.17) is 4.99 Å². The van der Waals surface area contributed by atoms with Gasteiger partial charge < -0.3 is 10.6 Å². The zero-order valence-corrected chi connectivity index (χ0v) is 19.4. The van der Waals surface area contributed by atoms with E-state index >= 15 is 0 Å². The summed E-state index contributed by atoms with van der Waals surface area (Å²) in [7, 11) is -3.26. The van der Waals surface area contributed by atoms with Crippen molar-refractivity contribution in [3.8, 4) is 0 Å². The van der Waals surface area contributed by atoms with Gasteiger partial charge in [-0.3, -0.25) is 4.99 Å². The zero-order chi connectivity index (χ0) is 22.7. The number of aliphatic imine (C=N–C) groups is 1. The Labute approximate surface area is 189 Å². The first-order valence-corrected chi connectivity index (χ1v) is 12.6.